The van der Waals surface area contributed by atoms with Crippen molar-refractivity contribution in [2.24, 2.45) is 0 Å². The van der Waals surface area contributed by atoms with Crippen LogP contribution in [0.3, 0.4) is 0 Å². The molecule has 1 saturated carbocycles. The van der Waals surface area contributed by atoms with E-state index >= 15 is 0 Å². The Labute approximate surface area is 273 Å². The molecule has 1 atom stereocenters. The minimum atomic E-state index is -4.44. The van der Waals surface area contributed by atoms with Crippen LogP contribution in [0.2, 0.25) is 10.0 Å². The van der Waals surface area contributed by atoms with Crippen LogP contribution in [0.5, 0.6) is 11.5 Å². The van der Waals surface area contributed by atoms with E-state index < -0.39 is 34.3 Å². The van der Waals surface area contributed by atoms with Crippen LogP contribution in [0.1, 0.15) is 44.6 Å². The molecule has 0 heterocycles. The van der Waals surface area contributed by atoms with Crippen LogP contribution < -0.4 is 19.1 Å². The molecule has 0 radical (unpaired) electrons. The summed E-state index contributed by atoms with van der Waals surface area (Å²) in [7, 11) is -1.65. The first-order valence-electron chi connectivity index (χ1n) is 14.5. The zero-order valence-corrected chi connectivity index (χ0v) is 27.6. The number of anilines is 1. The monoisotopic (exact) mass is 679 g/mol. The van der Waals surface area contributed by atoms with Gasteiger partial charge in [0, 0.05) is 34.3 Å². The molecule has 2 amide bonds. The topological polar surface area (TPSA) is 105 Å². The van der Waals surface area contributed by atoms with E-state index in [0.29, 0.717) is 21.4 Å². The normalized spacial score (nSPS) is 14.1. The molecule has 1 fully saturated rings. The quantitative estimate of drug-likeness (QED) is 0.230. The number of sulfonamides is 1. The second-order valence-electron chi connectivity index (χ2n) is 10.6. The van der Waals surface area contributed by atoms with E-state index in [1.54, 1.807) is 25.1 Å². The average molecular weight is 681 g/mol. The zero-order valence-electron chi connectivity index (χ0n) is 25.3. The largest absolute Gasteiger partial charge is 0.493 e. The van der Waals surface area contributed by atoms with Crippen molar-refractivity contribution in [2.45, 2.75) is 62.6 Å². The minimum absolute atomic E-state index is 0.00597. The predicted octanol–water partition coefficient (Wildman–Crippen LogP) is 6.21. The lowest BCUT2D eigenvalue weighted by atomic mass is 10.1. The maximum Gasteiger partial charge on any atom is 0.264 e. The molecule has 4 rings (SSSR count). The second-order valence-corrected chi connectivity index (χ2v) is 13.3. The number of benzene rings is 3. The Balaban J connectivity index is 1.77. The van der Waals surface area contributed by atoms with Crippen LogP contribution in [0.15, 0.2) is 65.6 Å². The minimum Gasteiger partial charge on any atom is -0.493 e. The van der Waals surface area contributed by atoms with Crippen LogP contribution in [0.4, 0.5) is 10.1 Å². The third-order valence-corrected chi connectivity index (χ3v) is 10.3. The van der Waals surface area contributed by atoms with Crippen LogP contribution in [0, 0.1) is 5.82 Å². The van der Waals surface area contributed by atoms with Crippen molar-refractivity contribution in [3.8, 4) is 11.5 Å². The molecular formula is C32H36Cl2FN3O6S. The zero-order chi connectivity index (χ0) is 32.7. The fourth-order valence-corrected chi connectivity index (χ4v) is 7.33. The summed E-state index contributed by atoms with van der Waals surface area (Å²) in [4.78, 5) is 29.0. The Morgan fingerprint density at radius 2 is 1.60 bits per heavy atom. The fourth-order valence-electron chi connectivity index (χ4n) is 5.38. The third kappa shape index (κ3) is 8.01. The molecule has 3 aromatic carbocycles. The molecule has 1 unspecified atom stereocenters. The van der Waals surface area contributed by atoms with Gasteiger partial charge in [0.25, 0.3) is 10.0 Å². The second kappa shape index (κ2) is 15.2. The van der Waals surface area contributed by atoms with E-state index in [2.05, 4.69) is 5.32 Å². The van der Waals surface area contributed by atoms with E-state index in [1.807, 2.05) is 0 Å². The number of halogens is 3. The first-order valence-corrected chi connectivity index (χ1v) is 16.7. The van der Waals surface area contributed by atoms with Crippen molar-refractivity contribution in [1.29, 1.82) is 0 Å². The Morgan fingerprint density at radius 1 is 0.978 bits per heavy atom. The van der Waals surface area contributed by atoms with Crippen LogP contribution in [0.25, 0.3) is 0 Å². The van der Waals surface area contributed by atoms with Gasteiger partial charge in [-0.1, -0.05) is 49.0 Å². The first kappa shape index (κ1) is 34.3. The van der Waals surface area contributed by atoms with Crippen molar-refractivity contribution in [2.75, 3.05) is 25.1 Å². The molecule has 0 aromatic heterocycles. The third-order valence-electron chi connectivity index (χ3n) is 7.81. The summed E-state index contributed by atoms with van der Waals surface area (Å²) in [6.45, 7) is 0.907. The summed E-state index contributed by atoms with van der Waals surface area (Å²) >= 11 is 13.0. The van der Waals surface area contributed by atoms with Gasteiger partial charge in [-0.15, -0.1) is 0 Å². The van der Waals surface area contributed by atoms with Gasteiger partial charge < -0.3 is 19.7 Å². The smallest absolute Gasteiger partial charge is 0.264 e. The number of carbonyl (C=O) groups is 2. The molecule has 9 nitrogen and oxygen atoms in total. The van der Waals surface area contributed by atoms with Gasteiger partial charge in [-0.25, -0.2) is 12.8 Å². The molecule has 0 bridgehead atoms. The number of methoxy groups -OCH3 is 2. The maximum atomic E-state index is 14.3. The molecule has 0 spiro atoms. The summed E-state index contributed by atoms with van der Waals surface area (Å²) in [5.41, 5.74) is 0.455. The van der Waals surface area contributed by atoms with Gasteiger partial charge in [0.15, 0.2) is 11.5 Å². The van der Waals surface area contributed by atoms with Gasteiger partial charge in [-0.05, 0) is 67.8 Å². The Morgan fingerprint density at radius 3 is 2.18 bits per heavy atom. The van der Waals surface area contributed by atoms with Gasteiger partial charge in [0.1, 0.15) is 18.4 Å². The van der Waals surface area contributed by atoms with Gasteiger partial charge in [-0.2, -0.15) is 0 Å². The molecule has 13 heteroatoms. The SMILES string of the molecule is CCC(C(=O)NC1CCCC1)N(Cc1c(Cl)cccc1Cl)C(=O)CN(c1ccc(F)cc1)S(=O)(=O)c1ccc(OC)c(OC)c1. The van der Waals surface area contributed by atoms with Gasteiger partial charge in [0.2, 0.25) is 11.8 Å². The number of amides is 2. The standard InChI is InChI=1S/C32H36Cl2FN3O6S/c1-4-28(32(40)36-22-8-5-6-9-22)37(19-25-26(33)10-7-11-27(25)34)31(39)20-38(23-14-12-21(35)13-15-23)45(41,42)24-16-17-29(43-2)30(18-24)44-3/h7,10-18,22,28H,4-6,8-9,19-20H2,1-3H3,(H,36,40). The fraction of sp³-hybridized carbons (Fsp3) is 0.375. The van der Waals surface area contributed by atoms with E-state index in [-0.39, 0.29) is 41.2 Å². The molecule has 3 aromatic rings. The summed E-state index contributed by atoms with van der Waals surface area (Å²) < 4.78 is 53.7. The lowest BCUT2D eigenvalue weighted by Gasteiger charge is -2.34. The van der Waals surface area contributed by atoms with Crippen LogP contribution in [-0.2, 0) is 26.2 Å². The van der Waals surface area contributed by atoms with Crippen LogP contribution >= 0.6 is 23.2 Å². The number of nitrogens with one attached hydrogen (secondary N) is 1. The van der Waals surface area contributed by atoms with Crippen molar-refractivity contribution < 1.29 is 31.9 Å². The lowest BCUT2D eigenvalue weighted by Crippen LogP contribution is -2.53. The van der Waals surface area contributed by atoms with Gasteiger partial charge in [-0.3, -0.25) is 13.9 Å². The van der Waals surface area contributed by atoms with Crippen molar-refractivity contribution in [3.05, 3.63) is 82.1 Å². The van der Waals surface area contributed by atoms with E-state index in [9.17, 15) is 22.4 Å². The highest BCUT2D eigenvalue weighted by molar-refractivity contribution is 7.92. The average Bonchev–Trinajstić information content (AvgIpc) is 3.54. The molecule has 0 saturated heterocycles. The molecule has 45 heavy (non-hydrogen) atoms. The molecule has 1 aliphatic rings. The summed E-state index contributed by atoms with van der Waals surface area (Å²) in [6.07, 6.45) is 3.93. The molecule has 242 valence electrons. The molecular weight excluding hydrogens is 644 g/mol. The van der Waals surface area contributed by atoms with Crippen LogP contribution in [-0.4, -0.2) is 58.0 Å². The Bertz CT molecular complexity index is 1600. The molecule has 1 N–H and O–H groups in total. The van der Waals surface area contributed by atoms with E-state index in [0.717, 1.165) is 42.1 Å². The summed E-state index contributed by atoms with van der Waals surface area (Å²) in [5, 5.41) is 3.64. The summed E-state index contributed by atoms with van der Waals surface area (Å²) in [5.74, 6) is -1.15. The lowest BCUT2D eigenvalue weighted by molar-refractivity contribution is -0.140. The highest BCUT2D eigenvalue weighted by atomic mass is 35.5. The molecule has 1 aliphatic carbocycles. The number of carbonyl (C=O) groups excluding carboxylic acids is 2. The highest BCUT2D eigenvalue weighted by Crippen LogP contribution is 2.33. The van der Waals surface area contributed by atoms with Crippen molar-refractivity contribution >= 4 is 50.7 Å². The maximum absolute atomic E-state index is 14.3. The Hall–Kier alpha value is -3.54. The number of nitrogens with zero attached hydrogens (tertiary/aromatic N) is 2. The van der Waals surface area contributed by atoms with Crippen molar-refractivity contribution in [1.82, 2.24) is 10.2 Å². The summed E-state index contributed by atoms with van der Waals surface area (Å²) in [6, 6.07) is 12.7. The van der Waals surface area contributed by atoms with E-state index in [4.69, 9.17) is 32.7 Å². The van der Waals surface area contributed by atoms with E-state index in [1.165, 1.54) is 49.5 Å². The first-order chi connectivity index (χ1) is 21.5. The number of hydrogen-bond acceptors (Lipinski definition) is 6. The van der Waals surface area contributed by atoms with Gasteiger partial charge in [0.05, 0.1) is 24.8 Å². The predicted molar refractivity (Wildman–Crippen MR) is 172 cm³/mol. The number of rotatable bonds is 13. The highest BCUT2D eigenvalue weighted by Gasteiger charge is 2.35. The van der Waals surface area contributed by atoms with Gasteiger partial charge >= 0.3 is 0 Å². The molecule has 0 aliphatic heterocycles. The number of hydrogen-bond donors (Lipinski definition) is 1. The number of ether oxygens (including phenoxy) is 2. The van der Waals surface area contributed by atoms with Crippen molar-refractivity contribution in [3.63, 3.8) is 0 Å². The Kier molecular flexibility index (Phi) is 11.6.